The van der Waals surface area contributed by atoms with Crippen molar-refractivity contribution in [2.24, 2.45) is 0 Å². The van der Waals surface area contributed by atoms with E-state index >= 15 is 0 Å². The number of hydrogen-bond acceptors (Lipinski definition) is 4. The normalized spacial score (nSPS) is 19.3. The first-order valence-electron chi connectivity index (χ1n) is 7.00. The van der Waals surface area contributed by atoms with Crippen LogP contribution in [0.4, 0.5) is 13.2 Å². The van der Waals surface area contributed by atoms with Crippen molar-refractivity contribution in [3.63, 3.8) is 0 Å². The van der Waals surface area contributed by atoms with Crippen LogP contribution in [0, 0.1) is 0 Å². The van der Waals surface area contributed by atoms with Gasteiger partial charge >= 0.3 is 6.18 Å². The fourth-order valence-electron chi connectivity index (χ4n) is 2.66. The summed E-state index contributed by atoms with van der Waals surface area (Å²) in [6, 6.07) is 5.04. The minimum absolute atomic E-state index is 0. The molecule has 0 amide bonds. The topological polar surface area (TPSA) is 56.8 Å². The molecule has 1 aliphatic heterocycles. The molecule has 5 nitrogen and oxygen atoms in total. The Balaban J connectivity index is 0.00000192. The van der Waals surface area contributed by atoms with Gasteiger partial charge in [-0.3, -0.25) is 15.0 Å². The third-order valence-electron chi connectivity index (χ3n) is 3.74. The van der Waals surface area contributed by atoms with E-state index in [1.807, 2.05) is 12.1 Å². The van der Waals surface area contributed by atoms with Crippen molar-refractivity contribution < 1.29 is 13.2 Å². The molecule has 1 unspecified atom stereocenters. The van der Waals surface area contributed by atoms with E-state index in [9.17, 15) is 13.2 Å². The highest BCUT2D eigenvalue weighted by Crippen LogP contribution is 2.29. The van der Waals surface area contributed by atoms with Gasteiger partial charge in [0.25, 0.3) is 0 Å². The largest absolute Gasteiger partial charge is 0.435 e. The summed E-state index contributed by atoms with van der Waals surface area (Å²) in [5.41, 5.74) is 0.684. The molecule has 0 aliphatic carbocycles. The van der Waals surface area contributed by atoms with Crippen LogP contribution in [0.5, 0.6) is 0 Å². The molecule has 0 saturated carbocycles. The van der Waals surface area contributed by atoms with Gasteiger partial charge in [0.15, 0.2) is 5.69 Å². The zero-order chi connectivity index (χ0) is 15.6. The fraction of sp³-hybridized carbons (Fsp3) is 0.429. The third-order valence-corrected chi connectivity index (χ3v) is 3.74. The Bertz CT molecular complexity index is 616. The quantitative estimate of drug-likeness (QED) is 0.895. The molecule has 1 atom stereocenters. The van der Waals surface area contributed by atoms with Crippen LogP contribution < -0.4 is 5.32 Å². The SMILES string of the molecule is Cl.FC(F)(F)c1cc(CN2CCNCC2c2ccncc2)[nH]n1. The summed E-state index contributed by atoms with van der Waals surface area (Å²) in [6.45, 7) is 2.72. The summed E-state index contributed by atoms with van der Waals surface area (Å²) < 4.78 is 37.8. The van der Waals surface area contributed by atoms with E-state index in [0.29, 0.717) is 12.2 Å². The zero-order valence-corrected chi connectivity index (χ0v) is 13.0. The molecule has 2 aromatic rings. The maximum Gasteiger partial charge on any atom is 0.435 e. The smallest absolute Gasteiger partial charge is 0.314 e. The molecule has 3 rings (SSSR count). The number of nitrogens with zero attached hydrogens (tertiary/aromatic N) is 3. The Hall–Kier alpha value is -1.64. The first kappa shape index (κ1) is 17.7. The lowest BCUT2D eigenvalue weighted by molar-refractivity contribution is -0.141. The molecule has 2 N–H and O–H groups in total. The summed E-state index contributed by atoms with van der Waals surface area (Å²) in [6.07, 6.45) is -0.969. The van der Waals surface area contributed by atoms with Gasteiger partial charge in [-0.1, -0.05) is 0 Å². The first-order valence-corrected chi connectivity index (χ1v) is 7.00. The van der Waals surface area contributed by atoms with Crippen LogP contribution in [0.25, 0.3) is 0 Å². The molecule has 1 aliphatic rings. The summed E-state index contributed by atoms with van der Waals surface area (Å²) in [5.74, 6) is 0. The van der Waals surface area contributed by atoms with Gasteiger partial charge < -0.3 is 5.32 Å². The Morgan fingerprint density at radius 1 is 1.26 bits per heavy atom. The fourth-order valence-corrected chi connectivity index (χ4v) is 2.66. The van der Waals surface area contributed by atoms with Crippen LogP contribution in [-0.4, -0.2) is 39.7 Å². The predicted molar refractivity (Wildman–Crippen MR) is 81.1 cm³/mol. The average Bonchev–Trinajstić information content (AvgIpc) is 2.97. The number of alkyl halides is 3. The van der Waals surface area contributed by atoms with E-state index in [4.69, 9.17) is 0 Å². The first-order chi connectivity index (χ1) is 10.5. The number of halogens is 4. The van der Waals surface area contributed by atoms with Gasteiger partial charge in [0.2, 0.25) is 0 Å². The van der Waals surface area contributed by atoms with Crippen molar-refractivity contribution in [3.05, 3.63) is 47.5 Å². The van der Waals surface area contributed by atoms with E-state index < -0.39 is 11.9 Å². The minimum Gasteiger partial charge on any atom is -0.314 e. The summed E-state index contributed by atoms with van der Waals surface area (Å²) >= 11 is 0. The molecule has 0 spiro atoms. The maximum absolute atomic E-state index is 12.6. The van der Waals surface area contributed by atoms with Crippen molar-refractivity contribution >= 4 is 12.4 Å². The van der Waals surface area contributed by atoms with Crippen molar-refractivity contribution in [2.45, 2.75) is 18.8 Å². The van der Waals surface area contributed by atoms with Gasteiger partial charge in [-0.15, -0.1) is 12.4 Å². The van der Waals surface area contributed by atoms with E-state index in [1.54, 1.807) is 12.4 Å². The summed E-state index contributed by atoms with van der Waals surface area (Å²) in [5, 5.41) is 9.15. The van der Waals surface area contributed by atoms with Crippen LogP contribution >= 0.6 is 12.4 Å². The predicted octanol–water partition coefficient (Wildman–Crippen LogP) is 2.39. The highest BCUT2D eigenvalue weighted by molar-refractivity contribution is 5.85. The molecule has 0 bridgehead atoms. The molecule has 3 heterocycles. The number of aromatic amines is 1. The Morgan fingerprint density at radius 3 is 2.65 bits per heavy atom. The number of aromatic nitrogens is 3. The molecule has 126 valence electrons. The van der Waals surface area contributed by atoms with E-state index in [-0.39, 0.29) is 18.4 Å². The van der Waals surface area contributed by atoms with Gasteiger partial charge in [-0.05, 0) is 23.8 Å². The van der Waals surface area contributed by atoms with E-state index in [1.165, 1.54) is 0 Å². The number of H-pyrrole nitrogens is 1. The van der Waals surface area contributed by atoms with E-state index in [2.05, 4.69) is 25.4 Å². The van der Waals surface area contributed by atoms with Gasteiger partial charge in [-0.2, -0.15) is 18.3 Å². The Labute approximate surface area is 137 Å². The van der Waals surface area contributed by atoms with Crippen molar-refractivity contribution in [1.82, 2.24) is 25.4 Å². The highest BCUT2D eigenvalue weighted by Gasteiger charge is 2.34. The average molecular weight is 348 g/mol. The number of nitrogens with one attached hydrogen (secondary N) is 2. The monoisotopic (exact) mass is 347 g/mol. The van der Waals surface area contributed by atoms with Crippen molar-refractivity contribution in [3.8, 4) is 0 Å². The third kappa shape index (κ3) is 4.21. The van der Waals surface area contributed by atoms with Crippen molar-refractivity contribution in [1.29, 1.82) is 0 Å². The lowest BCUT2D eigenvalue weighted by atomic mass is 10.0. The standard InChI is InChI=1S/C14H16F3N5.ClH/c15-14(16,17)13-7-11(20-21-13)9-22-6-5-19-8-12(22)10-1-3-18-4-2-10;/h1-4,7,12,19H,5-6,8-9H2,(H,20,21);1H. The van der Waals surface area contributed by atoms with Gasteiger partial charge in [-0.25, -0.2) is 0 Å². The molecule has 0 aromatic carbocycles. The molecular formula is C14H17ClF3N5. The second-order valence-electron chi connectivity index (χ2n) is 5.25. The van der Waals surface area contributed by atoms with E-state index in [0.717, 1.165) is 31.3 Å². The second-order valence-corrected chi connectivity index (χ2v) is 5.25. The lowest BCUT2D eigenvalue weighted by Gasteiger charge is -2.36. The summed E-state index contributed by atoms with van der Waals surface area (Å²) in [4.78, 5) is 6.14. The molecule has 2 aromatic heterocycles. The Kier molecular flexibility index (Phi) is 5.61. The maximum atomic E-state index is 12.6. The summed E-state index contributed by atoms with van der Waals surface area (Å²) in [7, 11) is 0. The van der Waals surface area contributed by atoms with Crippen LogP contribution in [0.15, 0.2) is 30.6 Å². The number of pyridine rings is 1. The Morgan fingerprint density at radius 2 is 2.00 bits per heavy atom. The van der Waals surface area contributed by atoms with Crippen LogP contribution in [0.1, 0.15) is 23.0 Å². The zero-order valence-electron chi connectivity index (χ0n) is 12.2. The highest BCUT2D eigenvalue weighted by atomic mass is 35.5. The van der Waals surface area contributed by atoms with Gasteiger partial charge in [0.05, 0.1) is 0 Å². The molecular weight excluding hydrogens is 331 g/mol. The number of piperazine rings is 1. The van der Waals surface area contributed by atoms with Crippen LogP contribution in [-0.2, 0) is 12.7 Å². The van der Waals surface area contributed by atoms with Gasteiger partial charge in [0, 0.05) is 50.3 Å². The minimum atomic E-state index is -4.41. The molecule has 0 radical (unpaired) electrons. The van der Waals surface area contributed by atoms with Gasteiger partial charge in [0.1, 0.15) is 0 Å². The second kappa shape index (κ2) is 7.29. The number of hydrogen-bond donors (Lipinski definition) is 2. The molecule has 1 fully saturated rings. The number of rotatable bonds is 3. The van der Waals surface area contributed by atoms with Crippen molar-refractivity contribution in [2.75, 3.05) is 19.6 Å². The molecule has 23 heavy (non-hydrogen) atoms. The lowest BCUT2D eigenvalue weighted by Crippen LogP contribution is -2.45. The van der Waals surface area contributed by atoms with Crippen LogP contribution in [0.2, 0.25) is 0 Å². The van der Waals surface area contributed by atoms with Crippen LogP contribution in [0.3, 0.4) is 0 Å². The molecule has 9 heteroatoms. The molecule has 1 saturated heterocycles.